The molecule has 6 heteroatoms. The molecule has 0 spiro atoms. The van der Waals surface area contributed by atoms with Gasteiger partial charge in [0.25, 0.3) is 0 Å². The standard InChI is InChI=1S/C17H16F2N2O2/c1-10(20-14-5-3-4-12(8-14)11(2)22)17(23)21-16-9-13(18)6-7-15(16)19/h3-10,20H,1-2H3,(H,21,23). The lowest BCUT2D eigenvalue weighted by atomic mass is 10.1. The zero-order valence-corrected chi connectivity index (χ0v) is 12.7. The van der Waals surface area contributed by atoms with Crippen LogP contribution in [0.2, 0.25) is 0 Å². The summed E-state index contributed by atoms with van der Waals surface area (Å²) in [6.45, 7) is 3.02. The molecule has 0 radical (unpaired) electrons. The predicted octanol–water partition coefficient (Wildman–Crippen LogP) is 3.61. The highest BCUT2D eigenvalue weighted by atomic mass is 19.1. The van der Waals surface area contributed by atoms with Crippen LogP contribution in [-0.2, 0) is 4.79 Å². The SMILES string of the molecule is CC(=O)c1cccc(NC(C)C(=O)Nc2cc(F)ccc2F)c1. The minimum absolute atomic E-state index is 0.0902. The molecule has 0 aliphatic rings. The fourth-order valence-electron chi connectivity index (χ4n) is 1.98. The van der Waals surface area contributed by atoms with Crippen molar-refractivity contribution in [2.75, 3.05) is 10.6 Å². The third-order valence-electron chi connectivity index (χ3n) is 3.23. The molecule has 1 unspecified atom stereocenters. The molecule has 4 nitrogen and oxygen atoms in total. The van der Waals surface area contributed by atoms with Crippen LogP contribution in [0.3, 0.4) is 0 Å². The number of Topliss-reactive ketones (excluding diaryl/α,β-unsaturated/α-hetero) is 1. The number of rotatable bonds is 5. The van der Waals surface area contributed by atoms with Crippen LogP contribution in [0.1, 0.15) is 24.2 Å². The van der Waals surface area contributed by atoms with Gasteiger partial charge < -0.3 is 10.6 Å². The maximum Gasteiger partial charge on any atom is 0.246 e. The number of hydrogen-bond donors (Lipinski definition) is 2. The first-order valence-electron chi connectivity index (χ1n) is 7.00. The molecule has 2 aromatic carbocycles. The third-order valence-corrected chi connectivity index (χ3v) is 3.23. The Morgan fingerprint density at radius 2 is 1.83 bits per heavy atom. The summed E-state index contributed by atoms with van der Waals surface area (Å²) in [5.74, 6) is -1.97. The van der Waals surface area contributed by atoms with Gasteiger partial charge in [0, 0.05) is 17.3 Å². The van der Waals surface area contributed by atoms with Crippen molar-refractivity contribution < 1.29 is 18.4 Å². The van der Waals surface area contributed by atoms with Crippen molar-refractivity contribution in [1.29, 1.82) is 0 Å². The molecule has 2 aromatic rings. The van der Waals surface area contributed by atoms with Crippen LogP contribution in [-0.4, -0.2) is 17.7 Å². The number of carbonyl (C=O) groups is 2. The minimum atomic E-state index is -0.717. The van der Waals surface area contributed by atoms with E-state index in [0.717, 1.165) is 18.2 Å². The van der Waals surface area contributed by atoms with Gasteiger partial charge in [-0.25, -0.2) is 8.78 Å². The highest BCUT2D eigenvalue weighted by molar-refractivity contribution is 5.97. The Kier molecular flexibility index (Phi) is 5.05. The molecule has 23 heavy (non-hydrogen) atoms. The number of ketones is 1. The summed E-state index contributed by atoms with van der Waals surface area (Å²) in [6.07, 6.45) is 0. The molecule has 120 valence electrons. The predicted molar refractivity (Wildman–Crippen MR) is 84.5 cm³/mol. The van der Waals surface area contributed by atoms with Crippen molar-refractivity contribution in [1.82, 2.24) is 0 Å². The Balaban J connectivity index is 2.07. The summed E-state index contributed by atoms with van der Waals surface area (Å²) in [7, 11) is 0. The van der Waals surface area contributed by atoms with Gasteiger partial charge in [-0.15, -0.1) is 0 Å². The van der Waals surface area contributed by atoms with E-state index < -0.39 is 23.6 Å². The van der Waals surface area contributed by atoms with Crippen LogP contribution in [0, 0.1) is 11.6 Å². The summed E-state index contributed by atoms with van der Waals surface area (Å²) in [6, 6.07) is 8.81. The number of benzene rings is 2. The van der Waals surface area contributed by atoms with Gasteiger partial charge in [0.1, 0.15) is 17.7 Å². The molecule has 0 heterocycles. The van der Waals surface area contributed by atoms with Crippen LogP contribution in [0.25, 0.3) is 0 Å². The number of carbonyl (C=O) groups excluding carboxylic acids is 2. The van der Waals surface area contributed by atoms with E-state index >= 15 is 0 Å². The van der Waals surface area contributed by atoms with Crippen LogP contribution in [0.4, 0.5) is 20.2 Å². The second kappa shape index (κ2) is 7.00. The van der Waals surface area contributed by atoms with Crippen LogP contribution >= 0.6 is 0 Å². The zero-order valence-electron chi connectivity index (χ0n) is 12.7. The van der Waals surface area contributed by atoms with Gasteiger partial charge in [0.2, 0.25) is 5.91 Å². The Morgan fingerprint density at radius 3 is 2.52 bits per heavy atom. The fraction of sp³-hybridized carbons (Fsp3) is 0.176. The number of amides is 1. The van der Waals surface area contributed by atoms with E-state index in [9.17, 15) is 18.4 Å². The molecule has 2 rings (SSSR count). The molecular formula is C17H16F2N2O2. The number of halogens is 2. The molecule has 0 aromatic heterocycles. The van der Waals surface area contributed by atoms with Gasteiger partial charge in [-0.3, -0.25) is 9.59 Å². The van der Waals surface area contributed by atoms with E-state index in [1.807, 2.05) is 0 Å². The monoisotopic (exact) mass is 318 g/mol. The largest absolute Gasteiger partial charge is 0.374 e. The smallest absolute Gasteiger partial charge is 0.246 e. The summed E-state index contributed by atoms with van der Waals surface area (Å²) in [4.78, 5) is 23.4. The quantitative estimate of drug-likeness (QED) is 0.828. The van der Waals surface area contributed by atoms with E-state index in [1.54, 1.807) is 31.2 Å². The summed E-state index contributed by atoms with van der Waals surface area (Å²) in [5, 5.41) is 5.24. The Morgan fingerprint density at radius 1 is 1.09 bits per heavy atom. The average molecular weight is 318 g/mol. The number of anilines is 2. The summed E-state index contributed by atoms with van der Waals surface area (Å²) < 4.78 is 26.6. The Bertz CT molecular complexity index is 747. The topological polar surface area (TPSA) is 58.2 Å². The molecule has 0 aliphatic carbocycles. The first kappa shape index (κ1) is 16.6. The Labute approximate surface area is 132 Å². The average Bonchev–Trinajstić information content (AvgIpc) is 2.51. The lowest BCUT2D eigenvalue weighted by Crippen LogP contribution is -2.32. The molecular weight excluding hydrogens is 302 g/mol. The number of hydrogen-bond acceptors (Lipinski definition) is 3. The molecule has 0 saturated carbocycles. The van der Waals surface area contributed by atoms with Crippen LogP contribution in [0.15, 0.2) is 42.5 Å². The lowest BCUT2D eigenvalue weighted by molar-refractivity contribution is -0.116. The molecule has 0 aliphatic heterocycles. The molecule has 1 atom stereocenters. The van der Waals surface area contributed by atoms with E-state index in [0.29, 0.717) is 11.3 Å². The van der Waals surface area contributed by atoms with Crippen molar-refractivity contribution in [2.24, 2.45) is 0 Å². The van der Waals surface area contributed by atoms with Gasteiger partial charge in [-0.2, -0.15) is 0 Å². The van der Waals surface area contributed by atoms with E-state index in [1.165, 1.54) is 6.92 Å². The third kappa shape index (κ3) is 4.35. The van der Waals surface area contributed by atoms with Crippen LogP contribution in [0.5, 0.6) is 0 Å². The van der Waals surface area contributed by atoms with E-state index in [4.69, 9.17) is 0 Å². The van der Waals surface area contributed by atoms with Gasteiger partial charge in [-0.05, 0) is 38.1 Å². The Hall–Kier alpha value is -2.76. The van der Waals surface area contributed by atoms with Gasteiger partial charge >= 0.3 is 0 Å². The lowest BCUT2D eigenvalue weighted by Gasteiger charge is -2.16. The van der Waals surface area contributed by atoms with Crippen molar-refractivity contribution >= 4 is 23.1 Å². The van der Waals surface area contributed by atoms with Crippen molar-refractivity contribution in [2.45, 2.75) is 19.9 Å². The fourth-order valence-corrected chi connectivity index (χ4v) is 1.98. The van der Waals surface area contributed by atoms with Crippen molar-refractivity contribution in [3.05, 3.63) is 59.7 Å². The highest BCUT2D eigenvalue weighted by Crippen LogP contribution is 2.17. The minimum Gasteiger partial charge on any atom is -0.374 e. The van der Waals surface area contributed by atoms with Crippen molar-refractivity contribution in [3.63, 3.8) is 0 Å². The second-order valence-corrected chi connectivity index (χ2v) is 5.12. The molecule has 2 N–H and O–H groups in total. The molecule has 0 bridgehead atoms. The first-order valence-corrected chi connectivity index (χ1v) is 7.00. The van der Waals surface area contributed by atoms with Gasteiger partial charge in [0.15, 0.2) is 5.78 Å². The van der Waals surface area contributed by atoms with E-state index in [-0.39, 0.29) is 11.5 Å². The van der Waals surface area contributed by atoms with Gasteiger partial charge in [0.05, 0.1) is 5.69 Å². The van der Waals surface area contributed by atoms with Crippen LogP contribution < -0.4 is 10.6 Å². The number of nitrogens with one attached hydrogen (secondary N) is 2. The summed E-state index contributed by atoms with van der Waals surface area (Å²) in [5.41, 5.74) is 0.875. The second-order valence-electron chi connectivity index (χ2n) is 5.12. The summed E-state index contributed by atoms with van der Waals surface area (Å²) >= 11 is 0. The first-order chi connectivity index (χ1) is 10.9. The maximum atomic E-state index is 13.5. The molecule has 1 amide bonds. The van der Waals surface area contributed by atoms with E-state index in [2.05, 4.69) is 10.6 Å². The molecule has 0 saturated heterocycles. The van der Waals surface area contributed by atoms with Gasteiger partial charge in [-0.1, -0.05) is 12.1 Å². The molecule has 0 fully saturated rings. The normalized spacial score (nSPS) is 11.7. The maximum absolute atomic E-state index is 13.5. The zero-order chi connectivity index (χ0) is 17.0. The van der Waals surface area contributed by atoms with Crippen molar-refractivity contribution in [3.8, 4) is 0 Å². The highest BCUT2D eigenvalue weighted by Gasteiger charge is 2.15.